The number of nitrogens with zero attached hydrogens (tertiary/aromatic N) is 1. The maximum atomic E-state index is 12.8. The smallest absolute Gasteiger partial charge is 0.355 e. The van der Waals surface area contributed by atoms with Crippen molar-refractivity contribution in [2.75, 3.05) is 26.3 Å². The second kappa shape index (κ2) is 6.65. The number of pyridine rings is 1. The van der Waals surface area contributed by atoms with E-state index in [1.54, 1.807) is 0 Å². The number of fused-ring (bicyclic) bond motifs is 1. The second-order valence-corrected chi connectivity index (χ2v) is 6.40. The molecule has 0 aliphatic carbocycles. The topological polar surface area (TPSA) is 186 Å². The van der Waals surface area contributed by atoms with Gasteiger partial charge in [0, 0.05) is 13.1 Å². The molecule has 2 unspecified atom stereocenters. The zero-order chi connectivity index (χ0) is 20.0. The van der Waals surface area contributed by atoms with Gasteiger partial charge < -0.3 is 25.2 Å². The normalized spacial score (nSPS) is 21.6. The standard InChI is InChI=1S/C16H15N5O7/c17-12(18-1-5-3-27-5)10-8(13(22)19-2-6-4-28-6)7-9(11(20-10)16(25)26)15(24)21-14(7)23/h5-6H,1-4H2,(H2,17,18)(H,19,22)(H,25,26)(H,21,23,24). The highest BCUT2D eigenvalue weighted by Gasteiger charge is 2.40. The quantitative estimate of drug-likeness (QED) is 0.154. The number of epoxide rings is 2. The van der Waals surface area contributed by atoms with Crippen LogP contribution in [0.1, 0.15) is 47.3 Å². The van der Waals surface area contributed by atoms with E-state index in [0.717, 1.165) is 0 Å². The van der Waals surface area contributed by atoms with E-state index < -0.39 is 40.5 Å². The molecular weight excluding hydrogens is 374 g/mol. The lowest BCUT2D eigenvalue weighted by molar-refractivity contribution is 0.0683. The molecular formula is C16H15N5O7. The summed E-state index contributed by atoms with van der Waals surface area (Å²) >= 11 is 0. The van der Waals surface area contributed by atoms with Crippen molar-refractivity contribution in [2.24, 2.45) is 0 Å². The molecule has 0 saturated carbocycles. The van der Waals surface area contributed by atoms with Crippen molar-refractivity contribution in [2.45, 2.75) is 12.2 Å². The number of ether oxygens (including phenoxy) is 2. The summed E-state index contributed by atoms with van der Waals surface area (Å²) in [6, 6.07) is 0. The van der Waals surface area contributed by atoms with Gasteiger partial charge >= 0.3 is 5.97 Å². The number of amides is 3. The van der Waals surface area contributed by atoms with Crippen LogP contribution in [0.5, 0.6) is 0 Å². The van der Waals surface area contributed by atoms with Gasteiger partial charge in [-0.1, -0.05) is 0 Å². The lowest BCUT2D eigenvalue weighted by Crippen LogP contribution is -2.35. The number of aromatic nitrogens is 1. The molecule has 3 amide bonds. The number of nitrogens with one attached hydrogen (secondary N) is 4. The minimum atomic E-state index is -1.56. The van der Waals surface area contributed by atoms with Crippen molar-refractivity contribution in [1.29, 1.82) is 5.41 Å². The van der Waals surface area contributed by atoms with E-state index in [4.69, 9.17) is 14.9 Å². The molecule has 0 aromatic carbocycles. The molecule has 3 aliphatic heterocycles. The number of carbonyl (C=O) groups excluding carboxylic acids is 3. The third-order valence-electron chi connectivity index (χ3n) is 4.35. The Bertz CT molecular complexity index is 936. The van der Waals surface area contributed by atoms with Gasteiger partial charge in [-0.3, -0.25) is 25.1 Å². The monoisotopic (exact) mass is 389 g/mol. The molecule has 3 aliphatic rings. The summed E-state index contributed by atoms with van der Waals surface area (Å²) in [5.74, 6) is -4.55. The Morgan fingerprint density at radius 2 is 1.64 bits per heavy atom. The Balaban J connectivity index is 1.80. The first kappa shape index (κ1) is 18.0. The fourth-order valence-corrected chi connectivity index (χ4v) is 2.78. The van der Waals surface area contributed by atoms with E-state index in [0.29, 0.717) is 13.2 Å². The molecule has 12 heteroatoms. The molecule has 1 aromatic heterocycles. The summed E-state index contributed by atoms with van der Waals surface area (Å²) < 4.78 is 10.1. The van der Waals surface area contributed by atoms with Crippen molar-refractivity contribution in [1.82, 2.24) is 20.9 Å². The van der Waals surface area contributed by atoms with Gasteiger partial charge in [0.25, 0.3) is 17.7 Å². The average Bonchev–Trinajstić information content (AvgIpc) is 3.57. The molecule has 2 saturated heterocycles. The summed E-state index contributed by atoms with van der Waals surface area (Å²) in [7, 11) is 0. The maximum absolute atomic E-state index is 12.8. The highest BCUT2D eigenvalue weighted by Crippen LogP contribution is 2.26. The van der Waals surface area contributed by atoms with E-state index in [-0.39, 0.29) is 42.4 Å². The van der Waals surface area contributed by atoms with Crippen LogP contribution in [-0.4, -0.2) is 78.1 Å². The Kier molecular flexibility index (Phi) is 4.28. The molecule has 4 heterocycles. The highest BCUT2D eigenvalue weighted by atomic mass is 16.6. The van der Waals surface area contributed by atoms with Gasteiger partial charge in [-0.15, -0.1) is 0 Å². The largest absolute Gasteiger partial charge is 0.476 e. The van der Waals surface area contributed by atoms with Crippen LogP contribution in [0, 0.1) is 5.41 Å². The number of carbonyl (C=O) groups is 4. The molecule has 0 bridgehead atoms. The minimum absolute atomic E-state index is 0.0945. The van der Waals surface area contributed by atoms with Crippen molar-refractivity contribution in [3.05, 3.63) is 28.1 Å². The van der Waals surface area contributed by atoms with Gasteiger partial charge in [0.05, 0.1) is 42.1 Å². The number of rotatable bonds is 7. The second-order valence-electron chi connectivity index (χ2n) is 6.40. The first-order valence-corrected chi connectivity index (χ1v) is 8.38. The summed E-state index contributed by atoms with van der Waals surface area (Å²) in [5, 5.41) is 24.8. The molecule has 5 N–H and O–H groups in total. The number of carboxylic acids is 1. The molecule has 12 nitrogen and oxygen atoms in total. The van der Waals surface area contributed by atoms with Gasteiger partial charge in [0.2, 0.25) is 0 Å². The zero-order valence-corrected chi connectivity index (χ0v) is 14.3. The molecule has 1 aromatic rings. The van der Waals surface area contributed by atoms with Crippen molar-refractivity contribution in [3.63, 3.8) is 0 Å². The molecule has 2 atom stereocenters. The summed E-state index contributed by atoms with van der Waals surface area (Å²) in [6.45, 7) is 1.42. The molecule has 2 fully saturated rings. The third-order valence-corrected chi connectivity index (χ3v) is 4.35. The number of imide groups is 1. The fourth-order valence-electron chi connectivity index (χ4n) is 2.78. The van der Waals surface area contributed by atoms with E-state index in [2.05, 4.69) is 15.6 Å². The predicted octanol–water partition coefficient (Wildman–Crippen LogP) is -1.89. The van der Waals surface area contributed by atoms with Crippen LogP contribution in [0.15, 0.2) is 0 Å². The van der Waals surface area contributed by atoms with E-state index in [1.165, 1.54) is 0 Å². The van der Waals surface area contributed by atoms with E-state index >= 15 is 0 Å². The number of carboxylic acid groups (broad SMARTS) is 1. The number of hydrogen-bond acceptors (Lipinski definition) is 8. The third kappa shape index (κ3) is 3.30. The van der Waals surface area contributed by atoms with Gasteiger partial charge in [0.15, 0.2) is 5.69 Å². The Labute approximate surface area is 157 Å². The lowest BCUT2D eigenvalue weighted by Gasteiger charge is -2.15. The first-order valence-electron chi connectivity index (χ1n) is 8.38. The van der Waals surface area contributed by atoms with Crippen molar-refractivity contribution >= 4 is 29.5 Å². The van der Waals surface area contributed by atoms with Crippen LogP contribution in [-0.2, 0) is 9.47 Å². The van der Waals surface area contributed by atoms with Crippen LogP contribution in [0.25, 0.3) is 0 Å². The molecule has 0 radical (unpaired) electrons. The number of aromatic carboxylic acids is 1. The maximum Gasteiger partial charge on any atom is 0.355 e. The van der Waals surface area contributed by atoms with Crippen molar-refractivity contribution < 1.29 is 33.8 Å². The molecule has 4 rings (SSSR count). The van der Waals surface area contributed by atoms with Crippen molar-refractivity contribution in [3.8, 4) is 0 Å². The Hall–Kier alpha value is -3.38. The summed E-state index contributed by atoms with van der Waals surface area (Å²) in [4.78, 5) is 52.6. The molecule has 28 heavy (non-hydrogen) atoms. The van der Waals surface area contributed by atoms with Crippen LogP contribution < -0.4 is 16.0 Å². The van der Waals surface area contributed by atoms with Gasteiger partial charge in [-0.25, -0.2) is 9.78 Å². The average molecular weight is 389 g/mol. The molecule has 0 spiro atoms. The van der Waals surface area contributed by atoms with Gasteiger partial charge in [0.1, 0.15) is 11.5 Å². The predicted molar refractivity (Wildman–Crippen MR) is 89.6 cm³/mol. The fraction of sp³-hybridized carbons (Fsp3) is 0.375. The number of hydrogen-bond donors (Lipinski definition) is 5. The number of amidine groups is 1. The Morgan fingerprint density at radius 3 is 2.21 bits per heavy atom. The summed E-state index contributed by atoms with van der Waals surface area (Å²) in [5.41, 5.74) is -2.28. The summed E-state index contributed by atoms with van der Waals surface area (Å²) in [6.07, 6.45) is -0.241. The highest BCUT2D eigenvalue weighted by molar-refractivity contribution is 6.28. The van der Waals surface area contributed by atoms with Crippen LogP contribution in [0.3, 0.4) is 0 Å². The zero-order valence-electron chi connectivity index (χ0n) is 14.3. The lowest BCUT2D eigenvalue weighted by atomic mass is 9.98. The van der Waals surface area contributed by atoms with E-state index in [1.807, 2.05) is 5.32 Å². The van der Waals surface area contributed by atoms with Crippen LogP contribution >= 0.6 is 0 Å². The minimum Gasteiger partial charge on any atom is -0.476 e. The Morgan fingerprint density at radius 1 is 1.07 bits per heavy atom. The van der Waals surface area contributed by atoms with E-state index in [9.17, 15) is 24.3 Å². The van der Waals surface area contributed by atoms with Crippen LogP contribution in [0.4, 0.5) is 0 Å². The van der Waals surface area contributed by atoms with Gasteiger partial charge in [-0.2, -0.15) is 0 Å². The van der Waals surface area contributed by atoms with Crippen LogP contribution in [0.2, 0.25) is 0 Å². The molecule has 146 valence electrons. The SMILES string of the molecule is N=C(NCC1CO1)c1nc(C(=O)O)c2c(c1C(=O)NCC1CO1)C(=O)NC2=O. The van der Waals surface area contributed by atoms with Gasteiger partial charge in [-0.05, 0) is 0 Å². The first-order chi connectivity index (χ1) is 13.4.